The van der Waals surface area contributed by atoms with Gasteiger partial charge in [-0.1, -0.05) is 59.6 Å². The average Bonchev–Trinajstić information content (AvgIpc) is 3.34. The summed E-state index contributed by atoms with van der Waals surface area (Å²) in [4.78, 5) is 33.7. The van der Waals surface area contributed by atoms with E-state index in [-0.39, 0.29) is 18.4 Å². The van der Waals surface area contributed by atoms with Gasteiger partial charge in [-0.3, -0.25) is 9.59 Å². The predicted molar refractivity (Wildman–Crippen MR) is 145 cm³/mol. The van der Waals surface area contributed by atoms with E-state index in [1.807, 2.05) is 73.6 Å². The molecule has 2 N–H and O–H groups in total. The van der Waals surface area contributed by atoms with Gasteiger partial charge in [-0.15, -0.1) is 0 Å². The van der Waals surface area contributed by atoms with Crippen molar-refractivity contribution >= 4 is 45.9 Å². The van der Waals surface area contributed by atoms with Crippen molar-refractivity contribution < 1.29 is 9.59 Å². The molecule has 0 saturated heterocycles. The lowest BCUT2D eigenvalue weighted by Crippen LogP contribution is -2.41. The van der Waals surface area contributed by atoms with E-state index in [2.05, 4.69) is 10.3 Å². The van der Waals surface area contributed by atoms with E-state index >= 15 is 0 Å². The zero-order valence-electron chi connectivity index (χ0n) is 20.0. The zero-order chi connectivity index (χ0) is 25.4. The Labute approximate surface area is 219 Å². The summed E-state index contributed by atoms with van der Waals surface area (Å²) in [6.45, 7) is 1.16. The molecule has 0 radical (unpaired) electrons. The molecule has 0 unspecified atom stereocenters. The van der Waals surface area contributed by atoms with Gasteiger partial charge in [0, 0.05) is 45.7 Å². The maximum Gasteiger partial charge on any atom is 0.255 e. The molecule has 0 spiro atoms. The third-order valence-corrected chi connectivity index (χ3v) is 7.02. The largest absolute Gasteiger partial charge is 0.354 e. The van der Waals surface area contributed by atoms with E-state index < -0.39 is 6.04 Å². The SMILES string of the molecule is CN(C)CCNC(=O)CN1C(=O)c2ccccc2[C@H]1c1c(-c2ccc(Cl)cc2Cl)[nH]c2ccccc12. The lowest BCUT2D eigenvalue weighted by atomic mass is 9.93. The summed E-state index contributed by atoms with van der Waals surface area (Å²) in [5, 5.41) is 4.94. The van der Waals surface area contributed by atoms with Crippen LogP contribution in [0.1, 0.15) is 27.5 Å². The van der Waals surface area contributed by atoms with Crippen molar-refractivity contribution in [3.63, 3.8) is 0 Å². The van der Waals surface area contributed by atoms with Crippen molar-refractivity contribution in [1.29, 1.82) is 0 Å². The standard InChI is InChI=1S/C28H26Cl2N4O2/c1-33(2)14-13-31-24(35)16-34-27(18-7-3-4-8-19(18)28(34)36)25-21-9-5-6-10-23(21)32-26(25)20-12-11-17(29)15-22(20)30/h3-12,15,27,32H,13-14,16H2,1-2H3,(H,31,35)/t27-/m0/s1. The lowest BCUT2D eigenvalue weighted by Gasteiger charge is -2.26. The van der Waals surface area contributed by atoms with Crippen molar-refractivity contribution in [3.05, 3.63) is 93.5 Å². The van der Waals surface area contributed by atoms with Crippen LogP contribution in [-0.4, -0.2) is 60.3 Å². The summed E-state index contributed by atoms with van der Waals surface area (Å²) in [6, 6.07) is 20.4. The van der Waals surface area contributed by atoms with E-state index in [0.717, 1.165) is 33.3 Å². The average molecular weight is 521 g/mol. The Bertz CT molecular complexity index is 1460. The van der Waals surface area contributed by atoms with Crippen molar-refractivity contribution in [2.24, 2.45) is 0 Å². The number of carbonyl (C=O) groups excluding carboxylic acids is 2. The number of fused-ring (bicyclic) bond motifs is 2. The summed E-state index contributed by atoms with van der Waals surface area (Å²) < 4.78 is 0. The highest BCUT2D eigenvalue weighted by molar-refractivity contribution is 6.36. The topological polar surface area (TPSA) is 68.4 Å². The maximum absolute atomic E-state index is 13.6. The Balaban J connectivity index is 1.65. The number of likely N-dealkylation sites (N-methyl/N-ethyl adjacent to an activating group) is 1. The van der Waals surface area contributed by atoms with E-state index in [4.69, 9.17) is 23.2 Å². The summed E-state index contributed by atoms with van der Waals surface area (Å²) in [7, 11) is 3.90. The first-order chi connectivity index (χ1) is 17.3. The van der Waals surface area contributed by atoms with Gasteiger partial charge in [-0.05, 0) is 50.0 Å². The van der Waals surface area contributed by atoms with Crippen molar-refractivity contribution in [3.8, 4) is 11.3 Å². The Morgan fingerprint density at radius 3 is 2.56 bits per heavy atom. The second kappa shape index (κ2) is 9.97. The number of amides is 2. The van der Waals surface area contributed by atoms with Gasteiger partial charge in [0.1, 0.15) is 6.54 Å². The molecular weight excluding hydrogens is 495 g/mol. The fourth-order valence-electron chi connectivity index (χ4n) is 4.83. The highest BCUT2D eigenvalue weighted by Crippen LogP contribution is 2.46. The van der Waals surface area contributed by atoms with Gasteiger partial charge in [-0.25, -0.2) is 0 Å². The predicted octanol–water partition coefficient (Wildman–Crippen LogP) is 5.36. The van der Waals surface area contributed by atoms with Crippen LogP contribution in [0.3, 0.4) is 0 Å². The number of halogens is 2. The van der Waals surface area contributed by atoms with E-state index in [0.29, 0.717) is 28.7 Å². The normalized spacial score (nSPS) is 15.1. The molecule has 2 amide bonds. The third kappa shape index (κ3) is 4.48. The number of nitrogens with zero attached hydrogens (tertiary/aromatic N) is 2. The molecule has 1 aromatic heterocycles. The molecule has 3 aromatic carbocycles. The van der Waals surface area contributed by atoms with E-state index in [1.165, 1.54) is 0 Å². The molecule has 1 atom stereocenters. The van der Waals surface area contributed by atoms with Crippen LogP contribution in [0.15, 0.2) is 66.7 Å². The number of aromatic amines is 1. The highest BCUT2D eigenvalue weighted by Gasteiger charge is 2.41. The van der Waals surface area contributed by atoms with Crippen molar-refractivity contribution in [2.75, 3.05) is 33.7 Å². The molecule has 5 rings (SSSR count). The van der Waals surface area contributed by atoms with Gasteiger partial charge >= 0.3 is 0 Å². The first-order valence-electron chi connectivity index (χ1n) is 11.7. The molecule has 1 aliphatic rings. The van der Waals surface area contributed by atoms with Crippen LogP contribution in [0.4, 0.5) is 0 Å². The first-order valence-corrected chi connectivity index (χ1v) is 12.5. The van der Waals surface area contributed by atoms with Gasteiger partial charge in [0.05, 0.1) is 16.8 Å². The molecule has 6 nitrogen and oxygen atoms in total. The molecular formula is C28H26Cl2N4O2. The van der Waals surface area contributed by atoms with E-state index in [9.17, 15) is 9.59 Å². The number of aromatic nitrogens is 1. The van der Waals surface area contributed by atoms with Gasteiger partial charge in [-0.2, -0.15) is 0 Å². The summed E-state index contributed by atoms with van der Waals surface area (Å²) in [6.07, 6.45) is 0. The number of nitrogens with one attached hydrogen (secondary N) is 2. The van der Waals surface area contributed by atoms with Gasteiger partial charge in [0.25, 0.3) is 5.91 Å². The number of para-hydroxylation sites is 1. The molecule has 0 saturated carbocycles. The van der Waals surface area contributed by atoms with Crippen LogP contribution < -0.4 is 5.32 Å². The number of carbonyl (C=O) groups is 2. The van der Waals surface area contributed by atoms with Crippen LogP contribution >= 0.6 is 23.2 Å². The van der Waals surface area contributed by atoms with E-state index in [1.54, 1.807) is 17.0 Å². The lowest BCUT2D eigenvalue weighted by molar-refractivity contribution is -0.122. The fraction of sp³-hybridized carbons (Fsp3) is 0.214. The van der Waals surface area contributed by atoms with Crippen LogP contribution in [-0.2, 0) is 4.79 Å². The quantitative estimate of drug-likeness (QED) is 0.344. The summed E-state index contributed by atoms with van der Waals surface area (Å²) in [5.41, 5.74) is 4.85. The molecule has 0 bridgehead atoms. The number of hydrogen-bond acceptors (Lipinski definition) is 3. The smallest absolute Gasteiger partial charge is 0.255 e. The summed E-state index contributed by atoms with van der Waals surface area (Å²) >= 11 is 12.8. The molecule has 0 aliphatic carbocycles. The second-order valence-corrected chi connectivity index (χ2v) is 10.0. The summed E-state index contributed by atoms with van der Waals surface area (Å²) in [5.74, 6) is -0.370. The highest BCUT2D eigenvalue weighted by atomic mass is 35.5. The van der Waals surface area contributed by atoms with Crippen molar-refractivity contribution in [2.45, 2.75) is 6.04 Å². The van der Waals surface area contributed by atoms with Gasteiger partial charge in [0.15, 0.2) is 0 Å². The van der Waals surface area contributed by atoms with Crippen LogP contribution in [0.25, 0.3) is 22.2 Å². The third-order valence-electron chi connectivity index (χ3n) is 6.47. The molecule has 36 heavy (non-hydrogen) atoms. The Morgan fingerprint density at radius 1 is 1.03 bits per heavy atom. The molecule has 0 fully saturated rings. The van der Waals surface area contributed by atoms with Crippen molar-refractivity contribution in [1.82, 2.24) is 20.1 Å². The molecule has 4 aromatic rings. The Hall–Kier alpha value is -3.32. The monoisotopic (exact) mass is 520 g/mol. The Kier molecular flexibility index (Phi) is 6.75. The maximum atomic E-state index is 13.6. The molecule has 2 heterocycles. The second-order valence-electron chi connectivity index (χ2n) is 9.16. The van der Waals surface area contributed by atoms with Crippen LogP contribution in [0.2, 0.25) is 10.0 Å². The Morgan fingerprint density at radius 2 is 1.78 bits per heavy atom. The van der Waals surface area contributed by atoms with Gasteiger partial charge in [0.2, 0.25) is 5.91 Å². The first kappa shape index (κ1) is 24.4. The van der Waals surface area contributed by atoms with Crippen LogP contribution in [0.5, 0.6) is 0 Å². The zero-order valence-corrected chi connectivity index (χ0v) is 21.5. The number of benzene rings is 3. The number of hydrogen-bond donors (Lipinski definition) is 2. The molecule has 8 heteroatoms. The van der Waals surface area contributed by atoms with Crippen LogP contribution in [0, 0.1) is 0 Å². The molecule has 1 aliphatic heterocycles. The number of H-pyrrole nitrogens is 1. The minimum atomic E-state index is -0.466. The minimum Gasteiger partial charge on any atom is -0.354 e. The fourth-order valence-corrected chi connectivity index (χ4v) is 5.33. The molecule has 184 valence electrons. The minimum absolute atomic E-state index is 0.0566. The van der Waals surface area contributed by atoms with Gasteiger partial charge < -0.3 is 20.1 Å². The number of rotatable bonds is 7.